The Morgan fingerprint density at radius 1 is 0.833 bits per heavy atom. The molecule has 3 aromatic carbocycles. The molecule has 0 fully saturated rings. The molecule has 0 bridgehead atoms. The third-order valence-electron chi connectivity index (χ3n) is 5.09. The van der Waals surface area contributed by atoms with Crippen molar-refractivity contribution in [3.63, 3.8) is 0 Å². The summed E-state index contributed by atoms with van der Waals surface area (Å²) in [5, 5.41) is 1.71. The molecule has 150 valence electrons. The zero-order valence-corrected chi connectivity index (χ0v) is 16.5. The van der Waals surface area contributed by atoms with Gasteiger partial charge >= 0.3 is 0 Å². The Morgan fingerprint density at radius 3 is 1.90 bits per heavy atom. The first-order valence-electron chi connectivity index (χ1n) is 9.70. The maximum atomic E-state index is 13.0. The molecule has 3 aromatic rings. The highest BCUT2D eigenvalue weighted by molar-refractivity contribution is 6.22. The molecule has 0 saturated carbocycles. The number of carbonyl (C=O) groups excluding carboxylic acids is 3. The zero-order chi connectivity index (χ0) is 21.1. The molecule has 1 heterocycles. The molecule has 0 aliphatic carbocycles. The van der Waals surface area contributed by atoms with E-state index in [9.17, 15) is 14.4 Å². The molecular formula is C24H21N3O3. The standard InChI is InChI=1S/C24H21N3O3/c1-17(27-23(29)20-14-8-9-15-21(20)24(27)30)22(28)25-26(19-12-6-3-7-13-19)16-18-10-4-2-5-11-18/h2-15,17H,16H2,1H3,(H,25,28). The minimum absolute atomic E-state index is 0.325. The summed E-state index contributed by atoms with van der Waals surface area (Å²) in [5.74, 6) is -1.34. The van der Waals surface area contributed by atoms with Crippen LogP contribution in [0.4, 0.5) is 5.69 Å². The van der Waals surface area contributed by atoms with Crippen molar-refractivity contribution < 1.29 is 14.4 Å². The van der Waals surface area contributed by atoms with Crippen LogP contribution in [-0.4, -0.2) is 28.7 Å². The van der Waals surface area contributed by atoms with Gasteiger partial charge in [0.15, 0.2) is 0 Å². The SMILES string of the molecule is CC(C(=O)NN(Cc1ccccc1)c1ccccc1)N1C(=O)c2ccccc2C1=O. The maximum Gasteiger partial charge on any atom is 0.262 e. The summed E-state index contributed by atoms with van der Waals surface area (Å²) in [6.45, 7) is 1.99. The number of nitrogens with one attached hydrogen (secondary N) is 1. The van der Waals surface area contributed by atoms with Gasteiger partial charge in [-0.15, -0.1) is 0 Å². The number of fused-ring (bicyclic) bond motifs is 1. The minimum Gasteiger partial charge on any atom is -0.281 e. The molecule has 6 nitrogen and oxygen atoms in total. The quantitative estimate of drug-likeness (QED) is 0.509. The van der Waals surface area contributed by atoms with E-state index in [0.717, 1.165) is 16.2 Å². The van der Waals surface area contributed by atoms with Crippen molar-refractivity contribution in [2.45, 2.75) is 19.5 Å². The van der Waals surface area contributed by atoms with Gasteiger partial charge in [-0.1, -0.05) is 60.7 Å². The van der Waals surface area contributed by atoms with Gasteiger partial charge in [0.05, 0.1) is 23.4 Å². The maximum absolute atomic E-state index is 13.0. The fraction of sp³-hybridized carbons (Fsp3) is 0.125. The van der Waals surface area contributed by atoms with Gasteiger partial charge < -0.3 is 0 Å². The number of nitrogens with zero attached hydrogens (tertiary/aromatic N) is 2. The summed E-state index contributed by atoms with van der Waals surface area (Å²) in [4.78, 5) is 39.5. The Kier molecular flexibility index (Phi) is 5.30. The molecule has 1 aliphatic rings. The van der Waals surface area contributed by atoms with Crippen molar-refractivity contribution in [2.75, 3.05) is 5.01 Å². The number of imide groups is 1. The number of hydrogen-bond donors (Lipinski definition) is 1. The third-order valence-corrected chi connectivity index (χ3v) is 5.09. The Bertz CT molecular complexity index is 1050. The van der Waals surface area contributed by atoms with Crippen LogP contribution in [-0.2, 0) is 11.3 Å². The van der Waals surface area contributed by atoms with E-state index in [-0.39, 0.29) is 0 Å². The zero-order valence-electron chi connectivity index (χ0n) is 16.5. The predicted octanol–water partition coefficient (Wildman–Crippen LogP) is 3.41. The number of benzene rings is 3. The number of para-hydroxylation sites is 1. The molecule has 0 radical (unpaired) electrons. The number of hydrazine groups is 1. The smallest absolute Gasteiger partial charge is 0.262 e. The summed E-state index contributed by atoms with van der Waals surface area (Å²) in [7, 11) is 0. The van der Waals surface area contributed by atoms with E-state index >= 15 is 0 Å². The second-order valence-electron chi connectivity index (χ2n) is 7.09. The molecule has 1 atom stereocenters. The predicted molar refractivity (Wildman–Crippen MR) is 114 cm³/mol. The molecule has 1 aliphatic heterocycles. The van der Waals surface area contributed by atoms with Crippen molar-refractivity contribution in [3.05, 3.63) is 102 Å². The van der Waals surface area contributed by atoms with Crippen LogP contribution in [0.15, 0.2) is 84.9 Å². The van der Waals surface area contributed by atoms with Crippen molar-refractivity contribution in [2.24, 2.45) is 0 Å². The molecule has 0 saturated heterocycles. The van der Waals surface area contributed by atoms with Crippen molar-refractivity contribution >= 4 is 23.4 Å². The molecule has 30 heavy (non-hydrogen) atoms. The molecule has 1 N–H and O–H groups in total. The number of carbonyl (C=O) groups is 3. The van der Waals surface area contributed by atoms with Gasteiger partial charge in [-0.2, -0.15) is 0 Å². The fourth-order valence-corrected chi connectivity index (χ4v) is 3.47. The highest BCUT2D eigenvalue weighted by atomic mass is 16.2. The van der Waals surface area contributed by atoms with Gasteiger partial charge in [-0.25, -0.2) is 0 Å². The Labute approximate surface area is 174 Å². The van der Waals surface area contributed by atoms with E-state index in [1.54, 1.807) is 36.2 Å². The lowest BCUT2D eigenvalue weighted by Crippen LogP contribution is -2.52. The minimum atomic E-state index is -0.959. The number of amides is 3. The highest BCUT2D eigenvalue weighted by Crippen LogP contribution is 2.24. The fourth-order valence-electron chi connectivity index (χ4n) is 3.47. The van der Waals surface area contributed by atoms with E-state index in [1.807, 2.05) is 60.7 Å². The Morgan fingerprint density at radius 2 is 1.33 bits per heavy atom. The van der Waals surface area contributed by atoms with Crippen molar-refractivity contribution in [1.29, 1.82) is 0 Å². The first kappa shape index (κ1) is 19.4. The third kappa shape index (κ3) is 3.67. The van der Waals surface area contributed by atoms with Crippen LogP contribution < -0.4 is 10.4 Å². The second kappa shape index (κ2) is 8.21. The van der Waals surface area contributed by atoms with E-state index < -0.39 is 23.8 Å². The lowest BCUT2D eigenvalue weighted by atomic mass is 10.1. The van der Waals surface area contributed by atoms with Crippen LogP contribution in [0.1, 0.15) is 33.2 Å². The average molecular weight is 399 g/mol. The lowest BCUT2D eigenvalue weighted by Gasteiger charge is -2.29. The van der Waals surface area contributed by atoms with E-state index in [0.29, 0.717) is 17.7 Å². The van der Waals surface area contributed by atoms with Crippen molar-refractivity contribution in [3.8, 4) is 0 Å². The van der Waals surface area contributed by atoms with Gasteiger partial charge in [0, 0.05) is 0 Å². The van der Waals surface area contributed by atoms with Crippen LogP contribution in [0.2, 0.25) is 0 Å². The summed E-state index contributed by atoms with van der Waals surface area (Å²) >= 11 is 0. The molecule has 3 amide bonds. The normalized spacial score (nSPS) is 13.7. The molecule has 4 rings (SSSR count). The highest BCUT2D eigenvalue weighted by Gasteiger charge is 2.40. The first-order valence-corrected chi connectivity index (χ1v) is 9.70. The number of rotatable bonds is 6. The lowest BCUT2D eigenvalue weighted by molar-refractivity contribution is -0.124. The first-order chi connectivity index (χ1) is 14.6. The molecule has 1 unspecified atom stereocenters. The summed E-state index contributed by atoms with van der Waals surface area (Å²) in [6.07, 6.45) is 0. The molecule has 0 aromatic heterocycles. The average Bonchev–Trinajstić information content (AvgIpc) is 3.04. The van der Waals surface area contributed by atoms with Crippen LogP contribution in [0.5, 0.6) is 0 Å². The van der Waals surface area contributed by atoms with Crippen LogP contribution >= 0.6 is 0 Å². The monoisotopic (exact) mass is 399 g/mol. The van der Waals surface area contributed by atoms with Gasteiger partial charge in [0.1, 0.15) is 6.04 Å². The van der Waals surface area contributed by atoms with Crippen LogP contribution in [0, 0.1) is 0 Å². The topological polar surface area (TPSA) is 69.7 Å². The number of anilines is 1. The summed E-state index contributed by atoms with van der Waals surface area (Å²) in [6, 6.07) is 24.8. The van der Waals surface area contributed by atoms with Gasteiger partial charge in [0.2, 0.25) is 0 Å². The summed E-state index contributed by atoms with van der Waals surface area (Å²) in [5.41, 5.74) is 5.33. The van der Waals surface area contributed by atoms with Crippen LogP contribution in [0.3, 0.4) is 0 Å². The van der Waals surface area contributed by atoms with E-state index in [1.165, 1.54) is 0 Å². The summed E-state index contributed by atoms with van der Waals surface area (Å²) < 4.78 is 0. The van der Waals surface area contributed by atoms with Crippen LogP contribution in [0.25, 0.3) is 0 Å². The molecular weight excluding hydrogens is 378 g/mol. The van der Waals surface area contributed by atoms with Gasteiger partial charge in [-0.3, -0.25) is 29.7 Å². The molecule has 6 heteroatoms. The molecule has 0 spiro atoms. The Hall–Kier alpha value is -3.93. The Balaban J connectivity index is 1.55. The number of hydrogen-bond acceptors (Lipinski definition) is 4. The van der Waals surface area contributed by atoms with E-state index in [2.05, 4.69) is 5.43 Å². The van der Waals surface area contributed by atoms with Gasteiger partial charge in [0.25, 0.3) is 17.7 Å². The van der Waals surface area contributed by atoms with Crippen molar-refractivity contribution in [1.82, 2.24) is 10.3 Å². The van der Waals surface area contributed by atoms with Gasteiger partial charge in [-0.05, 0) is 36.8 Å². The second-order valence-corrected chi connectivity index (χ2v) is 7.09. The largest absolute Gasteiger partial charge is 0.281 e. The van der Waals surface area contributed by atoms with E-state index in [4.69, 9.17) is 0 Å².